The van der Waals surface area contributed by atoms with Gasteiger partial charge < -0.3 is 4.90 Å². The number of hydrogen-bond donors (Lipinski definition) is 0. The van der Waals surface area contributed by atoms with E-state index in [4.69, 9.17) is 0 Å². The molecule has 0 bridgehead atoms. The van der Waals surface area contributed by atoms with E-state index in [2.05, 4.69) is 52.2 Å². The van der Waals surface area contributed by atoms with Crippen molar-refractivity contribution in [2.75, 3.05) is 19.6 Å². The highest BCUT2D eigenvalue weighted by Gasteiger charge is 2.40. The zero-order valence-corrected chi connectivity index (χ0v) is 10.9. The Kier molecular flexibility index (Phi) is 3.77. The summed E-state index contributed by atoms with van der Waals surface area (Å²) in [5.74, 6) is 0.769. The van der Waals surface area contributed by atoms with Crippen LogP contribution in [0.4, 0.5) is 0 Å². The molecule has 0 N–H and O–H groups in total. The molecule has 1 saturated heterocycles. The van der Waals surface area contributed by atoms with Gasteiger partial charge in [0.2, 0.25) is 0 Å². The molecule has 1 heterocycles. The maximum absolute atomic E-state index is 4.24. The third kappa shape index (κ3) is 2.72. The smallest absolute Gasteiger partial charge is 0.0176 e. The zero-order valence-electron chi connectivity index (χ0n) is 10.9. The predicted molar refractivity (Wildman–Crippen MR) is 68.0 cm³/mol. The fourth-order valence-electron chi connectivity index (χ4n) is 2.43. The molecule has 0 aliphatic carbocycles. The monoisotopic (exact) mass is 207 g/mol. The summed E-state index contributed by atoms with van der Waals surface area (Å²) in [7, 11) is 0. The molecule has 1 rings (SSSR count). The number of likely N-dealkylation sites (tertiary alicyclic amines) is 1. The summed E-state index contributed by atoms with van der Waals surface area (Å²) in [4.78, 5) is 2.53. The van der Waals surface area contributed by atoms with Crippen molar-refractivity contribution in [3.05, 3.63) is 23.8 Å². The highest BCUT2D eigenvalue weighted by atomic mass is 15.2. The van der Waals surface area contributed by atoms with Crippen molar-refractivity contribution in [3.8, 4) is 0 Å². The number of hydrogen-bond acceptors (Lipinski definition) is 1. The van der Waals surface area contributed by atoms with Crippen molar-refractivity contribution < 1.29 is 0 Å². The molecule has 15 heavy (non-hydrogen) atoms. The minimum atomic E-state index is 0.325. The molecule has 0 saturated carbocycles. The molecule has 1 fully saturated rings. The lowest BCUT2D eigenvalue weighted by molar-refractivity contribution is 0.0372. The minimum Gasteiger partial charge on any atom is -0.301 e. The van der Waals surface area contributed by atoms with Crippen molar-refractivity contribution in [2.24, 2.45) is 11.3 Å². The van der Waals surface area contributed by atoms with Crippen LogP contribution in [0.25, 0.3) is 0 Å². The van der Waals surface area contributed by atoms with Crippen molar-refractivity contribution in [2.45, 2.75) is 34.6 Å². The lowest BCUT2D eigenvalue weighted by atomic mass is 9.73. The largest absolute Gasteiger partial charge is 0.301 e. The molecule has 1 aliphatic heterocycles. The Morgan fingerprint density at radius 3 is 2.40 bits per heavy atom. The van der Waals surface area contributed by atoms with E-state index in [9.17, 15) is 0 Å². The van der Waals surface area contributed by atoms with E-state index in [-0.39, 0.29) is 0 Å². The van der Waals surface area contributed by atoms with Crippen molar-refractivity contribution >= 4 is 0 Å². The van der Waals surface area contributed by atoms with Crippen LogP contribution in [-0.2, 0) is 0 Å². The zero-order chi connectivity index (χ0) is 11.6. The summed E-state index contributed by atoms with van der Waals surface area (Å²) in [6, 6.07) is 0. The van der Waals surface area contributed by atoms with Gasteiger partial charge in [0.1, 0.15) is 0 Å². The topological polar surface area (TPSA) is 3.24 Å². The molecule has 1 nitrogen and oxygen atoms in total. The molecule has 0 atom stereocenters. The van der Waals surface area contributed by atoms with Gasteiger partial charge in [-0.05, 0) is 25.3 Å². The van der Waals surface area contributed by atoms with Gasteiger partial charge in [0.05, 0.1) is 0 Å². The van der Waals surface area contributed by atoms with E-state index in [1.165, 1.54) is 30.8 Å². The van der Waals surface area contributed by atoms with Gasteiger partial charge in [-0.2, -0.15) is 0 Å². The average Bonchev–Trinajstić information content (AvgIpc) is 2.12. The fraction of sp³-hybridized carbons (Fsp3) is 0.714. The summed E-state index contributed by atoms with van der Waals surface area (Å²) < 4.78 is 0. The van der Waals surface area contributed by atoms with Crippen LogP contribution < -0.4 is 0 Å². The standard InChI is InChI=1S/C14H25N/c1-7-12(4)13(5)14(6)9-15(10-14)8-11(2)3/h7,11H,5,8-10H2,1-4,6H3/b12-7+. The Bertz CT molecular complexity index is 267. The van der Waals surface area contributed by atoms with Crippen LogP contribution in [0.1, 0.15) is 34.6 Å². The van der Waals surface area contributed by atoms with E-state index in [1.807, 2.05) is 0 Å². The molecule has 0 unspecified atom stereocenters. The SMILES string of the molecule is C=C(/C(C)=C/C)C1(C)CN(CC(C)C)C1. The van der Waals surface area contributed by atoms with Gasteiger partial charge in [0.25, 0.3) is 0 Å². The number of nitrogens with zero attached hydrogens (tertiary/aromatic N) is 1. The lowest BCUT2D eigenvalue weighted by Crippen LogP contribution is -2.56. The molecule has 0 radical (unpaired) electrons. The Labute approximate surface area is 94.9 Å². The number of allylic oxidation sites excluding steroid dienone is 2. The van der Waals surface area contributed by atoms with Crippen molar-refractivity contribution in [3.63, 3.8) is 0 Å². The molecule has 1 aliphatic rings. The second kappa shape index (κ2) is 4.52. The summed E-state index contributed by atoms with van der Waals surface area (Å²) in [6.45, 7) is 19.0. The quantitative estimate of drug-likeness (QED) is 0.638. The number of rotatable bonds is 4. The third-order valence-corrected chi connectivity index (χ3v) is 3.41. The predicted octanol–water partition coefficient (Wildman–Crippen LogP) is 3.49. The maximum atomic E-state index is 4.24. The minimum absolute atomic E-state index is 0.325. The van der Waals surface area contributed by atoms with E-state index in [1.54, 1.807) is 0 Å². The van der Waals surface area contributed by atoms with Crippen LogP contribution in [0.3, 0.4) is 0 Å². The van der Waals surface area contributed by atoms with Crippen LogP contribution in [0.15, 0.2) is 23.8 Å². The van der Waals surface area contributed by atoms with E-state index in [0.717, 1.165) is 5.92 Å². The molecular formula is C14H25N. The molecule has 86 valence electrons. The van der Waals surface area contributed by atoms with Gasteiger partial charge in [0.15, 0.2) is 0 Å². The van der Waals surface area contributed by atoms with Crippen molar-refractivity contribution in [1.29, 1.82) is 0 Å². The first-order chi connectivity index (χ1) is 6.89. The van der Waals surface area contributed by atoms with Gasteiger partial charge in [-0.3, -0.25) is 0 Å². The Hall–Kier alpha value is -0.560. The highest BCUT2D eigenvalue weighted by Crippen LogP contribution is 2.39. The van der Waals surface area contributed by atoms with Crippen molar-refractivity contribution in [1.82, 2.24) is 4.90 Å². The van der Waals surface area contributed by atoms with E-state index < -0.39 is 0 Å². The van der Waals surface area contributed by atoms with Crippen LogP contribution in [0, 0.1) is 11.3 Å². The molecule has 0 aromatic heterocycles. The van der Waals surface area contributed by atoms with Gasteiger partial charge in [0, 0.05) is 25.0 Å². The Morgan fingerprint density at radius 2 is 2.00 bits per heavy atom. The average molecular weight is 207 g/mol. The first-order valence-electron chi connectivity index (χ1n) is 5.94. The molecule has 1 heteroatoms. The second-order valence-electron chi connectivity index (χ2n) is 5.57. The van der Waals surface area contributed by atoms with Crippen LogP contribution in [0.5, 0.6) is 0 Å². The van der Waals surface area contributed by atoms with E-state index >= 15 is 0 Å². The van der Waals surface area contributed by atoms with Gasteiger partial charge in [-0.25, -0.2) is 0 Å². The molecule has 0 aromatic rings. The highest BCUT2D eigenvalue weighted by molar-refractivity contribution is 5.34. The molecule has 0 spiro atoms. The second-order valence-corrected chi connectivity index (χ2v) is 5.57. The van der Waals surface area contributed by atoms with Crippen LogP contribution in [0.2, 0.25) is 0 Å². The summed E-state index contributed by atoms with van der Waals surface area (Å²) in [5.41, 5.74) is 3.00. The molecular weight excluding hydrogens is 182 g/mol. The normalized spacial score (nSPS) is 21.6. The van der Waals surface area contributed by atoms with E-state index in [0.29, 0.717) is 5.41 Å². The Morgan fingerprint density at radius 1 is 1.47 bits per heavy atom. The van der Waals surface area contributed by atoms with Gasteiger partial charge in [-0.1, -0.05) is 39.0 Å². The maximum Gasteiger partial charge on any atom is 0.0176 e. The lowest BCUT2D eigenvalue weighted by Gasteiger charge is -2.50. The summed E-state index contributed by atoms with van der Waals surface area (Å²) in [6.07, 6.45) is 2.17. The summed E-state index contributed by atoms with van der Waals surface area (Å²) in [5, 5.41) is 0. The molecule has 0 aromatic carbocycles. The first-order valence-corrected chi connectivity index (χ1v) is 5.94. The van der Waals surface area contributed by atoms with Gasteiger partial charge in [-0.15, -0.1) is 0 Å². The first kappa shape index (κ1) is 12.5. The van der Waals surface area contributed by atoms with Gasteiger partial charge >= 0.3 is 0 Å². The third-order valence-electron chi connectivity index (χ3n) is 3.41. The summed E-state index contributed by atoms with van der Waals surface area (Å²) >= 11 is 0. The molecule has 0 amide bonds. The van der Waals surface area contributed by atoms with Crippen LogP contribution >= 0.6 is 0 Å². The van der Waals surface area contributed by atoms with Crippen LogP contribution in [-0.4, -0.2) is 24.5 Å². The Balaban J connectivity index is 2.50. The fourth-order valence-corrected chi connectivity index (χ4v) is 2.43.